The van der Waals surface area contributed by atoms with E-state index in [0.29, 0.717) is 22.8 Å². The van der Waals surface area contributed by atoms with Crippen LogP contribution in [-0.2, 0) is 0 Å². The van der Waals surface area contributed by atoms with Gasteiger partial charge in [0.1, 0.15) is 6.07 Å². The molecule has 124 valence electrons. The van der Waals surface area contributed by atoms with Crippen LogP contribution in [0.1, 0.15) is 17.1 Å². The molecule has 2 rings (SSSR count). The Kier molecular flexibility index (Phi) is 6.09. The smallest absolute Gasteiger partial charge is 0.344 e. The van der Waals surface area contributed by atoms with E-state index < -0.39 is 10.2 Å². The topological polar surface area (TPSA) is 146 Å². The number of hydrogen-bond acceptors (Lipinski definition) is 7. The molecule has 1 aromatic carbocycles. The van der Waals surface area contributed by atoms with Crippen LogP contribution in [0.25, 0.3) is 10.8 Å². The summed E-state index contributed by atoms with van der Waals surface area (Å²) in [5.41, 5.74) is 0.525. The van der Waals surface area contributed by atoms with E-state index >= 15 is 0 Å². The lowest BCUT2D eigenvalue weighted by Gasteiger charge is -2.17. The van der Waals surface area contributed by atoms with Gasteiger partial charge in [-0.25, -0.2) is 23.1 Å². The maximum atomic E-state index is 9.22. The molecule has 0 aliphatic heterocycles. The first kappa shape index (κ1) is 18.9. The third-order valence-corrected chi connectivity index (χ3v) is 2.94. The summed E-state index contributed by atoms with van der Waals surface area (Å²) in [6.45, 7) is 3.64. The Labute approximate surface area is 134 Å². The monoisotopic (exact) mass is 343 g/mol. The van der Waals surface area contributed by atoms with Crippen LogP contribution in [0.5, 0.6) is 11.5 Å². The summed E-state index contributed by atoms with van der Waals surface area (Å²) >= 11 is 0. The lowest BCUT2D eigenvalue weighted by molar-refractivity contribution is -2.00. The Morgan fingerprint density at radius 3 is 1.78 bits per heavy atom. The van der Waals surface area contributed by atoms with Crippen molar-refractivity contribution in [2.45, 2.75) is 13.8 Å². The summed E-state index contributed by atoms with van der Waals surface area (Å²) in [5.74, 6) is 2.58. The quantitative estimate of drug-likeness (QED) is 0.596. The minimum atomic E-state index is -4.94. The molecule has 0 aliphatic rings. The summed E-state index contributed by atoms with van der Waals surface area (Å²) in [4.78, 5) is 0. The second-order valence-electron chi connectivity index (χ2n) is 4.33. The molecule has 0 N–H and O–H groups in total. The van der Waals surface area contributed by atoms with Crippen LogP contribution in [0.4, 0.5) is 0 Å². The van der Waals surface area contributed by atoms with Crippen LogP contribution in [0.2, 0.25) is 0 Å². The van der Waals surface area contributed by atoms with Crippen LogP contribution in [0, 0.1) is 35.4 Å². The molecule has 0 fully saturated rings. The Morgan fingerprint density at radius 2 is 1.39 bits per heavy atom. The number of ether oxygens (including phenoxy) is 2. The van der Waals surface area contributed by atoms with Gasteiger partial charge in [0.15, 0.2) is 17.1 Å². The molecule has 9 heteroatoms. The van der Waals surface area contributed by atoms with Crippen molar-refractivity contribution in [3.05, 3.63) is 29.2 Å². The van der Waals surface area contributed by atoms with Crippen LogP contribution in [-0.4, -0.2) is 14.2 Å². The third kappa shape index (κ3) is 4.92. The van der Waals surface area contributed by atoms with E-state index in [-0.39, 0.29) is 0 Å². The number of halogens is 1. The fourth-order valence-corrected chi connectivity index (χ4v) is 2.04. The molecule has 0 atom stereocenters. The maximum Gasteiger partial charge on any atom is 0.344 e. The molecule has 0 spiro atoms. The summed E-state index contributed by atoms with van der Waals surface area (Å²) < 4.78 is 50.1. The summed E-state index contributed by atoms with van der Waals surface area (Å²) in [7, 11) is -1.79. The zero-order valence-electron chi connectivity index (χ0n) is 12.8. The van der Waals surface area contributed by atoms with Gasteiger partial charge in [0.2, 0.25) is 0 Å². The number of nitrogens with zero attached hydrogens (tertiary/aromatic N) is 1. The largest absolute Gasteiger partial charge is 0.493 e. The summed E-state index contributed by atoms with van der Waals surface area (Å²) in [6.07, 6.45) is 0. The normalized spacial score (nSPS) is 10.6. The van der Waals surface area contributed by atoms with Gasteiger partial charge >= 0.3 is 11.5 Å². The van der Waals surface area contributed by atoms with Gasteiger partial charge in [-0.15, -0.1) is 10.2 Å². The Morgan fingerprint density at radius 1 is 0.957 bits per heavy atom. The van der Waals surface area contributed by atoms with Crippen LogP contribution in [0.3, 0.4) is 0 Å². The van der Waals surface area contributed by atoms with Crippen molar-refractivity contribution in [2.24, 2.45) is 0 Å². The first-order valence-corrected chi connectivity index (χ1v) is 7.36. The number of methoxy groups -OCH3 is 2. The fourth-order valence-electron chi connectivity index (χ4n) is 2.04. The molecular formula is C14H14ClNO7. The van der Waals surface area contributed by atoms with Crippen LogP contribution >= 0.6 is 0 Å². The number of nitriles is 1. The number of rotatable bonds is 2. The number of fused-ring (bicyclic) bond motifs is 1. The van der Waals surface area contributed by atoms with Gasteiger partial charge in [-0.3, -0.25) is 0 Å². The molecule has 0 radical (unpaired) electrons. The summed E-state index contributed by atoms with van der Waals surface area (Å²) in [6, 6.07) is 5.80. The maximum absolute atomic E-state index is 9.22. The van der Waals surface area contributed by atoms with Gasteiger partial charge in [0.05, 0.1) is 33.5 Å². The average molecular weight is 344 g/mol. The van der Waals surface area contributed by atoms with Gasteiger partial charge in [0.25, 0.3) is 0 Å². The average Bonchev–Trinajstić information content (AvgIpc) is 2.44. The zero-order valence-corrected chi connectivity index (χ0v) is 13.6. The fraction of sp³-hybridized carbons (Fsp3) is 0.286. The van der Waals surface area contributed by atoms with Crippen molar-refractivity contribution < 1.29 is 42.8 Å². The minimum Gasteiger partial charge on any atom is -0.493 e. The molecule has 0 unspecified atom stereocenters. The molecule has 8 nitrogen and oxygen atoms in total. The highest BCUT2D eigenvalue weighted by Crippen LogP contribution is 2.35. The van der Waals surface area contributed by atoms with Gasteiger partial charge in [-0.2, -0.15) is 5.26 Å². The molecule has 0 aliphatic carbocycles. The number of benzene rings is 1. The lowest BCUT2D eigenvalue weighted by atomic mass is 10.0. The molecular weight excluding hydrogens is 330 g/mol. The van der Waals surface area contributed by atoms with E-state index in [2.05, 4.69) is 6.07 Å². The van der Waals surface area contributed by atoms with Crippen molar-refractivity contribution in [3.8, 4) is 17.6 Å². The SMILES string of the molecule is COc1cc2c(C)[o+]c(C)c(C#N)c2cc1OC.[O-][Cl+3]([O-])([O-])[O-]. The molecule has 0 amide bonds. The molecule has 1 aromatic heterocycles. The molecule has 2 aromatic rings. The van der Waals surface area contributed by atoms with E-state index in [1.165, 1.54) is 0 Å². The van der Waals surface area contributed by atoms with Crippen molar-refractivity contribution in [1.82, 2.24) is 0 Å². The zero-order chi connectivity index (χ0) is 17.8. The molecule has 1 heterocycles. The molecule has 23 heavy (non-hydrogen) atoms. The Bertz CT molecular complexity index is 744. The van der Waals surface area contributed by atoms with E-state index in [1.54, 1.807) is 21.1 Å². The van der Waals surface area contributed by atoms with Gasteiger partial charge < -0.3 is 9.47 Å². The first-order valence-electron chi connectivity index (χ1n) is 6.13. The van der Waals surface area contributed by atoms with E-state index in [1.807, 2.05) is 19.1 Å². The van der Waals surface area contributed by atoms with Crippen molar-refractivity contribution >= 4 is 10.8 Å². The van der Waals surface area contributed by atoms with Crippen LogP contribution in [0.15, 0.2) is 16.5 Å². The highest BCUT2D eigenvalue weighted by atomic mass is 35.7. The number of hydrogen-bond donors (Lipinski definition) is 0. The van der Waals surface area contributed by atoms with Crippen molar-refractivity contribution in [2.75, 3.05) is 14.2 Å². The van der Waals surface area contributed by atoms with Gasteiger partial charge in [0, 0.05) is 11.5 Å². The van der Waals surface area contributed by atoms with E-state index in [9.17, 15) is 5.26 Å². The predicted octanol–water partition coefficient (Wildman–Crippen LogP) is -1.54. The van der Waals surface area contributed by atoms with E-state index in [4.69, 9.17) is 32.5 Å². The lowest BCUT2D eigenvalue weighted by Crippen LogP contribution is -2.68. The van der Waals surface area contributed by atoms with E-state index in [0.717, 1.165) is 16.5 Å². The standard InChI is InChI=1S/C14H14NO3.ClHO4/c1-8-10-5-13(16-3)14(17-4)6-11(10)12(7-15)9(2)18-8;2-1(3,4)5/h5-6H,1-4H3;(H,2,3,4,5)/q+1;/p-1. The molecule has 0 saturated carbocycles. The van der Waals surface area contributed by atoms with Crippen molar-refractivity contribution in [3.63, 3.8) is 0 Å². The Balaban J connectivity index is 0.000000463. The van der Waals surface area contributed by atoms with Crippen molar-refractivity contribution in [1.29, 1.82) is 5.26 Å². The van der Waals surface area contributed by atoms with Gasteiger partial charge in [-0.1, -0.05) is 0 Å². The van der Waals surface area contributed by atoms with Crippen LogP contribution < -0.4 is 28.1 Å². The predicted molar refractivity (Wildman–Crippen MR) is 67.9 cm³/mol. The molecule has 0 bridgehead atoms. The number of aryl methyl sites for hydroxylation is 2. The second-order valence-corrected chi connectivity index (χ2v) is 5.09. The Hall–Kier alpha value is -2.15. The third-order valence-electron chi connectivity index (χ3n) is 2.94. The highest BCUT2D eigenvalue weighted by Gasteiger charge is 2.21. The molecule has 0 saturated heterocycles. The minimum absolute atomic E-state index is 0.525. The van der Waals surface area contributed by atoms with Gasteiger partial charge in [-0.05, 0) is 6.07 Å². The second kappa shape index (κ2) is 7.41. The summed E-state index contributed by atoms with van der Waals surface area (Å²) in [5, 5.41) is 10.9. The first-order chi connectivity index (χ1) is 10.6. The highest BCUT2D eigenvalue weighted by molar-refractivity contribution is 5.92.